The Balaban J connectivity index is 0.000000321. The van der Waals surface area contributed by atoms with Gasteiger partial charge in [0, 0.05) is 17.1 Å². The molecule has 0 saturated carbocycles. The van der Waals surface area contributed by atoms with Crippen LogP contribution >= 0.6 is 15.9 Å². The van der Waals surface area contributed by atoms with Crippen LogP contribution in [-0.2, 0) is 4.79 Å². The highest BCUT2D eigenvalue weighted by molar-refractivity contribution is 9.10. The Hall–Kier alpha value is -2.47. The zero-order chi connectivity index (χ0) is 20.0. The normalized spacial score (nSPS) is 16.4. The number of carboxylic acids is 1. The summed E-state index contributed by atoms with van der Waals surface area (Å²) in [4.78, 5) is 22.4. The maximum Gasteiger partial charge on any atom is 0.490 e. The third kappa shape index (κ3) is 6.32. The van der Waals surface area contributed by atoms with Gasteiger partial charge < -0.3 is 15.7 Å². The van der Waals surface area contributed by atoms with Crippen molar-refractivity contribution < 1.29 is 27.9 Å². The molecule has 0 unspecified atom stereocenters. The second kappa shape index (κ2) is 8.95. The van der Waals surface area contributed by atoms with E-state index in [0.717, 1.165) is 29.7 Å². The fourth-order valence-electron chi connectivity index (χ4n) is 2.10. The summed E-state index contributed by atoms with van der Waals surface area (Å²) in [7, 11) is 0. The average molecular weight is 450 g/mol. The Bertz CT molecular complexity index is 789. The van der Waals surface area contributed by atoms with Crippen LogP contribution in [0.15, 0.2) is 34.9 Å². The lowest BCUT2D eigenvalue weighted by atomic mass is 10.2. The number of hydrogen-bond acceptors (Lipinski definition) is 5. The molecule has 1 amide bonds. The number of carboxylic acid groups (broad SMARTS) is 1. The number of nitrogens with one attached hydrogen (secondary N) is 2. The highest BCUT2D eigenvalue weighted by Gasteiger charge is 2.38. The van der Waals surface area contributed by atoms with Crippen LogP contribution in [0.1, 0.15) is 16.9 Å². The van der Waals surface area contributed by atoms with Crippen molar-refractivity contribution in [1.82, 2.24) is 25.6 Å². The number of rotatable bonds is 3. The molecular weight excluding hydrogens is 435 g/mol. The van der Waals surface area contributed by atoms with Gasteiger partial charge in [-0.2, -0.15) is 23.1 Å². The molecule has 3 rings (SSSR count). The monoisotopic (exact) mass is 449 g/mol. The van der Waals surface area contributed by atoms with Crippen molar-refractivity contribution in [2.75, 3.05) is 13.1 Å². The highest BCUT2D eigenvalue weighted by Crippen LogP contribution is 2.13. The Kier molecular flexibility index (Phi) is 6.91. The van der Waals surface area contributed by atoms with E-state index in [9.17, 15) is 18.0 Å². The zero-order valence-electron chi connectivity index (χ0n) is 13.7. The van der Waals surface area contributed by atoms with Crippen LogP contribution < -0.4 is 10.6 Å². The van der Waals surface area contributed by atoms with Crippen LogP contribution in [0.25, 0.3) is 5.69 Å². The molecule has 1 aliphatic heterocycles. The largest absolute Gasteiger partial charge is 0.490 e. The molecule has 3 N–H and O–H groups in total. The quantitative estimate of drug-likeness (QED) is 0.658. The molecule has 0 radical (unpaired) electrons. The van der Waals surface area contributed by atoms with E-state index in [1.54, 1.807) is 0 Å². The number of carbonyl (C=O) groups excluding carboxylic acids is 1. The molecule has 2 aromatic rings. The third-order valence-corrected chi connectivity index (χ3v) is 3.95. The number of carbonyl (C=O) groups is 2. The van der Waals surface area contributed by atoms with Crippen LogP contribution in [0.2, 0.25) is 0 Å². The number of halogens is 4. The number of amides is 1. The van der Waals surface area contributed by atoms with Crippen molar-refractivity contribution in [3.8, 4) is 5.69 Å². The summed E-state index contributed by atoms with van der Waals surface area (Å²) in [6.45, 7) is 1.75. The lowest BCUT2D eigenvalue weighted by Crippen LogP contribution is -2.36. The lowest BCUT2D eigenvalue weighted by Gasteiger charge is -2.08. The summed E-state index contributed by atoms with van der Waals surface area (Å²) in [5.74, 6) is -2.94. The number of aliphatic carboxylic acids is 1. The fraction of sp³-hybridized carbons (Fsp3) is 0.333. The van der Waals surface area contributed by atoms with Gasteiger partial charge in [0.05, 0.1) is 11.9 Å². The van der Waals surface area contributed by atoms with Crippen LogP contribution in [0.3, 0.4) is 0 Å². The second-order valence-corrected chi connectivity index (χ2v) is 6.38. The predicted octanol–water partition coefficient (Wildman–Crippen LogP) is 1.75. The van der Waals surface area contributed by atoms with Crippen molar-refractivity contribution in [3.63, 3.8) is 0 Å². The van der Waals surface area contributed by atoms with Gasteiger partial charge in [-0.3, -0.25) is 4.79 Å². The Morgan fingerprint density at radius 3 is 2.44 bits per heavy atom. The number of nitrogens with zero attached hydrogens (tertiary/aromatic N) is 3. The molecule has 1 saturated heterocycles. The van der Waals surface area contributed by atoms with E-state index in [1.165, 1.54) is 11.0 Å². The number of hydrogen-bond donors (Lipinski definition) is 3. The van der Waals surface area contributed by atoms with Crippen molar-refractivity contribution in [1.29, 1.82) is 0 Å². The van der Waals surface area contributed by atoms with Gasteiger partial charge in [0.2, 0.25) is 0 Å². The van der Waals surface area contributed by atoms with Gasteiger partial charge in [0.15, 0.2) is 5.69 Å². The van der Waals surface area contributed by atoms with E-state index in [4.69, 9.17) is 9.90 Å². The van der Waals surface area contributed by atoms with E-state index in [0.29, 0.717) is 5.69 Å². The van der Waals surface area contributed by atoms with Crippen molar-refractivity contribution >= 4 is 27.8 Å². The molecule has 0 aliphatic carbocycles. The van der Waals surface area contributed by atoms with E-state index in [2.05, 4.69) is 36.8 Å². The molecule has 1 aliphatic rings. The molecule has 12 heteroatoms. The summed E-state index contributed by atoms with van der Waals surface area (Å²) < 4.78 is 32.7. The SMILES string of the molecule is O=C(N[C@@H]1CCNC1)c1cnn(-c2ccc(Br)cc2)n1.O=C(O)C(F)(F)F. The standard InChI is InChI=1S/C13H14BrN5O.C2HF3O2/c14-9-1-3-11(4-2-9)19-16-8-12(18-19)13(20)17-10-5-6-15-7-10;3-2(4,5)1(6)7/h1-4,8,10,15H,5-7H2,(H,17,20);(H,6,7)/t10-;/m1./s1. The Labute approximate surface area is 159 Å². The molecule has 0 spiro atoms. The first kappa shape index (κ1) is 20.8. The van der Waals surface area contributed by atoms with Crippen molar-refractivity contribution in [2.45, 2.75) is 18.6 Å². The van der Waals surface area contributed by atoms with Gasteiger partial charge >= 0.3 is 12.1 Å². The molecule has 8 nitrogen and oxygen atoms in total. The van der Waals surface area contributed by atoms with Crippen molar-refractivity contribution in [2.24, 2.45) is 0 Å². The van der Waals surface area contributed by atoms with Gasteiger partial charge in [0.25, 0.3) is 5.91 Å². The summed E-state index contributed by atoms with van der Waals surface area (Å²) in [6.07, 6.45) is -2.65. The minimum atomic E-state index is -5.08. The first-order valence-corrected chi connectivity index (χ1v) is 8.46. The third-order valence-electron chi connectivity index (χ3n) is 3.42. The zero-order valence-corrected chi connectivity index (χ0v) is 15.3. The summed E-state index contributed by atoms with van der Waals surface area (Å²) in [5, 5.41) is 21.6. The molecular formula is C15H15BrF3N5O3. The molecule has 1 atom stereocenters. The molecule has 146 valence electrons. The molecule has 1 aromatic heterocycles. The Morgan fingerprint density at radius 1 is 1.30 bits per heavy atom. The van der Waals surface area contributed by atoms with Gasteiger partial charge in [-0.25, -0.2) is 4.79 Å². The highest BCUT2D eigenvalue weighted by atomic mass is 79.9. The second-order valence-electron chi connectivity index (χ2n) is 5.46. The average Bonchev–Trinajstić information content (AvgIpc) is 3.27. The van der Waals surface area contributed by atoms with Gasteiger partial charge in [-0.15, -0.1) is 5.10 Å². The number of alkyl halides is 3. The molecule has 1 aromatic carbocycles. The minimum absolute atomic E-state index is 0.179. The number of benzene rings is 1. The first-order chi connectivity index (χ1) is 12.7. The van der Waals surface area contributed by atoms with E-state index in [-0.39, 0.29) is 11.9 Å². The summed E-state index contributed by atoms with van der Waals surface area (Å²) >= 11 is 3.38. The topological polar surface area (TPSA) is 109 Å². The van der Waals surface area contributed by atoms with E-state index >= 15 is 0 Å². The fourth-order valence-corrected chi connectivity index (χ4v) is 2.37. The molecule has 2 heterocycles. The molecule has 0 bridgehead atoms. The summed E-state index contributed by atoms with van der Waals surface area (Å²) in [5.41, 5.74) is 1.15. The van der Waals surface area contributed by atoms with Crippen LogP contribution in [0, 0.1) is 0 Å². The number of aromatic nitrogens is 3. The maximum absolute atomic E-state index is 12.0. The first-order valence-electron chi connectivity index (χ1n) is 7.67. The summed E-state index contributed by atoms with van der Waals surface area (Å²) in [6, 6.07) is 7.75. The Morgan fingerprint density at radius 2 is 1.93 bits per heavy atom. The van der Waals surface area contributed by atoms with Crippen molar-refractivity contribution in [3.05, 3.63) is 40.6 Å². The van der Waals surface area contributed by atoms with Gasteiger partial charge in [-0.05, 0) is 37.2 Å². The van der Waals surface area contributed by atoms with Crippen LogP contribution in [0.5, 0.6) is 0 Å². The lowest BCUT2D eigenvalue weighted by molar-refractivity contribution is -0.192. The maximum atomic E-state index is 12.0. The van der Waals surface area contributed by atoms with E-state index in [1.807, 2.05) is 24.3 Å². The van der Waals surface area contributed by atoms with Crippen LogP contribution in [-0.4, -0.2) is 57.3 Å². The van der Waals surface area contributed by atoms with Crippen LogP contribution in [0.4, 0.5) is 13.2 Å². The molecule has 27 heavy (non-hydrogen) atoms. The van der Waals surface area contributed by atoms with Gasteiger partial charge in [0.1, 0.15) is 0 Å². The predicted molar refractivity (Wildman–Crippen MR) is 91.5 cm³/mol. The minimum Gasteiger partial charge on any atom is -0.475 e. The molecule has 1 fully saturated rings. The smallest absolute Gasteiger partial charge is 0.475 e. The van der Waals surface area contributed by atoms with E-state index < -0.39 is 12.1 Å². The van der Waals surface area contributed by atoms with Gasteiger partial charge in [-0.1, -0.05) is 15.9 Å².